The zero-order chi connectivity index (χ0) is 16.2. The molecule has 1 aromatic heterocycles. The summed E-state index contributed by atoms with van der Waals surface area (Å²) in [6, 6.07) is 11.5. The molecule has 1 aliphatic carbocycles. The van der Waals surface area contributed by atoms with E-state index < -0.39 is 5.91 Å². The second-order valence-corrected chi connectivity index (χ2v) is 5.78. The van der Waals surface area contributed by atoms with Crippen LogP contribution >= 0.6 is 0 Å². The molecule has 0 unspecified atom stereocenters. The highest BCUT2D eigenvalue weighted by Crippen LogP contribution is 2.31. The van der Waals surface area contributed by atoms with Crippen LogP contribution in [0, 0.1) is 0 Å². The molecule has 2 aromatic rings. The zero-order valence-corrected chi connectivity index (χ0v) is 12.8. The van der Waals surface area contributed by atoms with E-state index in [0.717, 1.165) is 30.4 Å². The minimum Gasteiger partial charge on any atom is -0.364 e. The summed E-state index contributed by atoms with van der Waals surface area (Å²) in [7, 11) is 0. The third-order valence-corrected chi connectivity index (χ3v) is 4.23. The maximum Gasteiger partial charge on any atom is 0.267 e. The summed E-state index contributed by atoms with van der Waals surface area (Å²) in [4.78, 5) is 27.5. The molecule has 1 heterocycles. The standard InChI is InChI=1S/C18H19N3O2/c19-17(22)16-9-8-12(10-20-16)11-21-18(23)15-7-3-5-13-4-1-2-6-14(13)15/h1-2,4,6,8-10,15H,3,5,7,11H2,(H2,19,22)(H,21,23)/t15-/m1/s1. The normalized spacial score (nSPS) is 16.4. The van der Waals surface area contributed by atoms with Crippen molar-refractivity contribution >= 4 is 11.8 Å². The van der Waals surface area contributed by atoms with Gasteiger partial charge in [-0.05, 0) is 42.0 Å². The number of aryl methyl sites for hydroxylation is 1. The van der Waals surface area contributed by atoms with Crippen molar-refractivity contribution in [1.82, 2.24) is 10.3 Å². The van der Waals surface area contributed by atoms with Gasteiger partial charge in [-0.3, -0.25) is 14.6 Å². The van der Waals surface area contributed by atoms with Gasteiger partial charge >= 0.3 is 0 Å². The molecule has 1 aromatic carbocycles. The maximum absolute atomic E-state index is 12.5. The molecule has 3 rings (SSSR count). The Morgan fingerprint density at radius 3 is 2.78 bits per heavy atom. The van der Waals surface area contributed by atoms with Gasteiger partial charge in [0, 0.05) is 12.7 Å². The van der Waals surface area contributed by atoms with Gasteiger partial charge < -0.3 is 11.1 Å². The van der Waals surface area contributed by atoms with Gasteiger partial charge in [-0.25, -0.2) is 0 Å². The van der Waals surface area contributed by atoms with Crippen LogP contribution in [-0.4, -0.2) is 16.8 Å². The molecule has 1 atom stereocenters. The fourth-order valence-electron chi connectivity index (χ4n) is 3.01. The number of benzene rings is 1. The summed E-state index contributed by atoms with van der Waals surface area (Å²) in [5.41, 5.74) is 8.63. The molecule has 2 amide bonds. The third-order valence-electron chi connectivity index (χ3n) is 4.23. The molecular formula is C18H19N3O2. The van der Waals surface area contributed by atoms with Crippen molar-refractivity contribution in [2.24, 2.45) is 5.73 Å². The van der Waals surface area contributed by atoms with E-state index in [1.807, 2.05) is 18.2 Å². The highest BCUT2D eigenvalue weighted by atomic mass is 16.2. The van der Waals surface area contributed by atoms with Gasteiger partial charge in [0.1, 0.15) is 5.69 Å². The fourth-order valence-corrected chi connectivity index (χ4v) is 3.01. The van der Waals surface area contributed by atoms with Gasteiger partial charge in [0.05, 0.1) is 5.92 Å². The number of amides is 2. The van der Waals surface area contributed by atoms with E-state index >= 15 is 0 Å². The Morgan fingerprint density at radius 1 is 1.22 bits per heavy atom. The Balaban J connectivity index is 1.65. The second kappa shape index (κ2) is 6.60. The van der Waals surface area contributed by atoms with Crippen molar-refractivity contribution in [2.45, 2.75) is 31.7 Å². The van der Waals surface area contributed by atoms with Gasteiger partial charge in [0.15, 0.2) is 0 Å². The number of hydrogen-bond donors (Lipinski definition) is 2. The van der Waals surface area contributed by atoms with Crippen LogP contribution in [0.25, 0.3) is 0 Å². The fraction of sp³-hybridized carbons (Fsp3) is 0.278. The SMILES string of the molecule is NC(=O)c1ccc(CNC(=O)[C@@H]2CCCc3ccccc32)cn1. The highest BCUT2D eigenvalue weighted by Gasteiger charge is 2.25. The molecule has 0 saturated heterocycles. The summed E-state index contributed by atoms with van der Waals surface area (Å²) >= 11 is 0. The molecule has 0 radical (unpaired) electrons. The summed E-state index contributed by atoms with van der Waals surface area (Å²) in [6.45, 7) is 0.392. The number of hydrogen-bond acceptors (Lipinski definition) is 3. The van der Waals surface area contributed by atoms with Crippen LogP contribution in [0.1, 0.15) is 45.9 Å². The lowest BCUT2D eigenvalue weighted by atomic mass is 9.82. The van der Waals surface area contributed by atoms with Crippen molar-refractivity contribution in [3.63, 3.8) is 0 Å². The molecule has 0 aliphatic heterocycles. The monoisotopic (exact) mass is 309 g/mol. The van der Waals surface area contributed by atoms with Crippen molar-refractivity contribution in [3.05, 3.63) is 65.0 Å². The molecule has 0 fully saturated rings. The van der Waals surface area contributed by atoms with Gasteiger partial charge in [-0.15, -0.1) is 0 Å². The minimum atomic E-state index is -0.556. The number of primary amides is 1. The maximum atomic E-state index is 12.5. The molecule has 5 heteroatoms. The number of nitrogens with two attached hydrogens (primary N) is 1. The number of aromatic nitrogens is 1. The zero-order valence-electron chi connectivity index (χ0n) is 12.8. The molecule has 118 valence electrons. The van der Waals surface area contributed by atoms with Crippen molar-refractivity contribution in [1.29, 1.82) is 0 Å². The molecule has 0 saturated carbocycles. The Labute approximate surface area is 134 Å². The van der Waals surface area contributed by atoms with Crippen molar-refractivity contribution in [2.75, 3.05) is 0 Å². The van der Waals surface area contributed by atoms with E-state index in [2.05, 4.69) is 16.4 Å². The van der Waals surface area contributed by atoms with Crippen molar-refractivity contribution < 1.29 is 9.59 Å². The minimum absolute atomic E-state index is 0.0381. The van der Waals surface area contributed by atoms with Crippen LogP contribution in [0.4, 0.5) is 0 Å². The average molecular weight is 309 g/mol. The van der Waals surface area contributed by atoms with Crippen LogP contribution in [0.15, 0.2) is 42.6 Å². The first-order chi connectivity index (χ1) is 11.1. The van der Waals surface area contributed by atoms with Crippen LogP contribution in [-0.2, 0) is 17.8 Å². The number of carbonyl (C=O) groups excluding carboxylic acids is 2. The first-order valence-corrected chi connectivity index (χ1v) is 7.75. The number of fused-ring (bicyclic) bond motifs is 1. The largest absolute Gasteiger partial charge is 0.364 e. The third kappa shape index (κ3) is 3.39. The molecular weight excluding hydrogens is 290 g/mol. The lowest BCUT2D eigenvalue weighted by Crippen LogP contribution is -2.31. The molecule has 5 nitrogen and oxygen atoms in total. The molecule has 23 heavy (non-hydrogen) atoms. The highest BCUT2D eigenvalue weighted by molar-refractivity contribution is 5.90. The first-order valence-electron chi connectivity index (χ1n) is 7.75. The number of nitrogens with one attached hydrogen (secondary N) is 1. The number of rotatable bonds is 4. The summed E-state index contributed by atoms with van der Waals surface area (Å²) in [5, 5.41) is 2.96. The van der Waals surface area contributed by atoms with E-state index in [-0.39, 0.29) is 17.5 Å². The van der Waals surface area contributed by atoms with Crippen LogP contribution in [0.3, 0.4) is 0 Å². The Hall–Kier alpha value is -2.69. The topological polar surface area (TPSA) is 85.1 Å². The summed E-state index contributed by atoms with van der Waals surface area (Å²) in [6.07, 6.45) is 4.51. The number of carbonyl (C=O) groups is 2. The van der Waals surface area contributed by atoms with E-state index in [1.165, 1.54) is 5.56 Å². The van der Waals surface area contributed by atoms with E-state index in [9.17, 15) is 9.59 Å². The van der Waals surface area contributed by atoms with E-state index in [1.54, 1.807) is 18.3 Å². The average Bonchev–Trinajstić information content (AvgIpc) is 2.59. The van der Waals surface area contributed by atoms with Crippen molar-refractivity contribution in [3.8, 4) is 0 Å². The summed E-state index contributed by atoms with van der Waals surface area (Å²) < 4.78 is 0. The van der Waals surface area contributed by atoms with E-state index in [4.69, 9.17) is 5.73 Å². The lowest BCUT2D eigenvalue weighted by Gasteiger charge is -2.24. The second-order valence-electron chi connectivity index (χ2n) is 5.78. The van der Waals surface area contributed by atoms with Crippen LogP contribution in [0.2, 0.25) is 0 Å². The summed E-state index contributed by atoms with van der Waals surface area (Å²) in [5.74, 6) is -0.603. The van der Waals surface area contributed by atoms with Crippen LogP contribution < -0.4 is 11.1 Å². The Kier molecular flexibility index (Phi) is 4.37. The first kappa shape index (κ1) is 15.2. The number of nitrogens with zero attached hydrogens (tertiary/aromatic N) is 1. The Bertz CT molecular complexity index is 725. The molecule has 0 bridgehead atoms. The van der Waals surface area contributed by atoms with Gasteiger partial charge in [-0.1, -0.05) is 30.3 Å². The Morgan fingerprint density at radius 2 is 2.04 bits per heavy atom. The van der Waals surface area contributed by atoms with E-state index in [0.29, 0.717) is 6.54 Å². The van der Waals surface area contributed by atoms with Crippen LogP contribution in [0.5, 0.6) is 0 Å². The lowest BCUT2D eigenvalue weighted by molar-refractivity contribution is -0.123. The number of pyridine rings is 1. The molecule has 0 spiro atoms. The van der Waals surface area contributed by atoms with Gasteiger partial charge in [0.2, 0.25) is 5.91 Å². The predicted molar refractivity (Wildman–Crippen MR) is 86.7 cm³/mol. The molecule has 3 N–H and O–H groups in total. The van der Waals surface area contributed by atoms with Gasteiger partial charge in [0.25, 0.3) is 5.91 Å². The smallest absolute Gasteiger partial charge is 0.267 e. The molecule has 1 aliphatic rings. The van der Waals surface area contributed by atoms with Gasteiger partial charge in [-0.2, -0.15) is 0 Å². The quantitative estimate of drug-likeness (QED) is 0.904. The predicted octanol–water partition coefficient (Wildman–Crippen LogP) is 1.92.